The molecule has 1 saturated carbocycles. The molecule has 0 spiro atoms. The van der Waals surface area contributed by atoms with Gasteiger partial charge in [-0.25, -0.2) is 0 Å². The number of hydrogen-bond acceptors (Lipinski definition) is 3. The molecule has 0 aromatic heterocycles. The van der Waals surface area contributed by atoms with E-state index in [-0.39, 0.29) is 11.9 Å². The molecule has 17 heavy (non-hydrogen) atoms. The van der Waals surface area contributed by atoms with Crippen molar-refractivity contribution in [2.45, 2.75) is 36.0 Å². The molecule has 1 amide bonds. The van der Waals surface area contributed by atoms with Crippen LogP contribution in [0.4, 0.5) is 5.69 Å². The van der Waals surface area contributed by atoms with Gasteiger partial charge in [0.25, 0.3) is 0 Å². The standard InChI is InChI=1S/C12H16N2O2S/c1-8(12(15)14-9-6-7-9)17(16)11-5-3-2-4-10(11)13/h2-5,8-9H,6-7,13H2,1H3,(H,14,15). The van der Waals surface area contributed by atoms with Crippen LogP contribution in [0.5, 0.6) is 0 Å². The summed E-state index contributed by atoms with van der Waals surface area (Å²) in [6, 6.07) is 7.24. The zero-order valence-corrected chi connectivity index (χ0v) is 10.5. The second-order valence-electron chi connectivity index (χ2n) is 4.26. The van der Waals surface area contributed by atoms with E-state index >= 15 is 0 Å². The van der Waals surface area contributed by atoms with Gasteiger partial charge in [-0.05, 0) is 31.9 Å². The van der Waals surface area contributed by atoms with Crippen LogP contribution in [0.3, 0.4) is 0 Å². The first-order chi connectivity index (χ1) is 8.09. The van der Waals surface area contributed by atoms with Crippen molar-refractivity contribution in [3.63, 3.8) is 0 Å². The van der Waals surface area contributed by atoms with Gasteiger partial charge in [-0.15, -0.1) is 0 Å². The normalized spacial score (nSPS) is 18.4. The van der Waals surface area contributed by atoms with Crippen molar-refractivity contribution in [3.8, 4) is 0 Å². The molecule has 0 radical (unpaired) electrons. The number of amides is 1. The highest BCUT2D eigenvalue weighted by Gasteiger charge is 2.29. The minimum Gasteiger partial charge on any atom is -0.398 e. The van der Waals surface area contributed by atoms with E-state index in [1.807, 2.05) is 0 Å². The molecule has 1 fully saturated rings. The van der Waals surface area contributed by atoms with Crippen LogP contribution in [-0.2, 0) is 15.6 Å². The van der Waals surface area contributed by atoms with E-state index in [1.54, 1.807) is 31.2 Å². The Bertz CT molecular complexity index is 458. The SMILES string of the molecule is CC(C(=O)NC1CC1)S(=O)c1ccccc1N. The van der Waals surface area contributed by atoms with Crippen molar-refractivity contribution in [2.24, 2.45) is 0 Å². The fraction of sp³-hybridized carbons (Fsp3) is 0.417. The number of anilines is 1. The Kier molecular flexibility index (Phi) is 3.47. The predicted octanol–water partition coefficient (Wildman–Crippen LogP) is 1.04. The highest BCUT2D eigenvalue weighted by molar-refractivity contribution is 7.86. The fourth-order valence-electron chi connectivity index (χ4n) is 1.50. The second kappa shape index (κ2) is 4.87. The molecule has 0 aliphatic heterocycles. The van der Waals surface area contributed by atoms with Crippen LogP contribution in [0.2, 0.25) is 0 Å². The van der Waals surface area contributed by atoms with Gasteiger partial charge in [0, 0.05) is 11.7 Å². The maximum absolute atomic E-state index is 12.2. The van der Waals surface area contributed by atoms with E-state index in [0.717, 1.165) is 12.8 Å². The first-order valence-electron chi connectivity index (χ1n) is 5.65. The predicted molar refractivity (Wildman–Crippen MR) is 67.9 cm³/mol. The smallest absolute Gasteiger partial charge is 0.236 e. The molecular formula is C12H16N2O2S. The molecule has 1 aliphatic rings. The zero-order valence-electron chi connectivity index (χ0n) is 9.68. The molecule has 2 rings (SSSR count). The van der Waals surface area contributed by atoms with E-state index in [1.165, 1.54) is 0 Å². The largest absolute Gasteiger partial charge is 0.398 e. The van der Waals surface area contributed by atoms with Crippen molar-refractivity contribution < 1.29 is 9.00 Å². The summed E-state index contributed by atoms with van der Waals surface area (Å²) in [6.07, 6.45) is 2.05. The van der Waals surface area contributed by atoms with Crippen molar-refractivity contribution in [2.75, 3.05) is 5.73 Å². The minimum absolute atomic E-state index is 0.158. The molecule has 4 nitrogen and oxygen atoms in total. The Morgan fingerprint density at radius 3 is 2.71 bits per heavy atom. The van der Waals surface area contributed by atoms with Crippen LogP contribution >= 0.6 is 0 Å². The number of nitrogens with one attached hydrogen (secondary N) is 1. The van der Waals surface area contributed by atoms with E-state index < -0.39 is 16.0 Å². The van der Waals surface area contributed by atoms with Crippen LogP contribution in [0, 0.1) is 0 Å². The first kappa shape index (κ1) is 12.1. The highest BCUT2D eigenvalue weighted by atomic mass is 32.2. The lowest BCUT2D eigenvalue weighted by atomic mass is 10.3. The number of nitrogens with two attached hydrogens (primary N) is 1. The van der Waals surface area contributed by atoms with Crippen molar-refractivity contribution in [3.05, 3.63) is 24.3 Å². The number of para-hydroxylation sites is 1. The molecule has 5 heteroatoms. The van der Waals surface area contributed by atoms with Gasteiger partial charge in [0.1, 0.15) is 5.25 Å². The van der Waals surface area contributed by atoms with Gasteiger partial charge >= 0.3 is 0 Å². The summed E-state index contributed by atoms with van der Waals surface area (Å²) in [5.41, 5.74) is 6.22. The zero-order chi connectivity index (χ0) is 12.4. The Labute approximate surface area is 103 Å². The van der Waals surface area contributed by atoms with Gasteiger partial charge in [0.05, 0.1) is 15.7 Å². The Hall–Kier alpha value is -1.36. The maximum Gasteiger partial charge on any atom is 0.236 e. The van der Waals surface area contributed by atoms with Gasteiger partial charge in [0.2, 0.25) is 5.91 Å². The second-order valence-corrected chi connectivity index (χ2v) is 6.00. The molecule has 1 aromatic carbocycles. The highest BCUT2D eigenvalue weighted by Crippen LogP contribution is 2.21. The van der Waals surface area contributed by atoms with Gasteiger partial charge in [0.15, 0.2) is 0 Å². The number of carbonyl (C=O) groups excluding carboxylic acids is 1. The molecule has 2 unspecified atom stereocenters. The molecule has 1 aliphatic carbocycles. The Morgan fingerprint density at radius 2 is 2.12 bits per heavy atom. The number of nitrogen functional groups attached to an aromatic ring is 1. The van der Waals surface area contributed by atoms with Crippen LogP contribution < -0.4 is 11.1 Å². The Morgan fingerprint density at radius 1 is 1.47 bits per heavy atom. The minimum atomic E-state index is -1.40. The molecule has 0 saturated heterocycles. The molecular weight excluding hydrogens is 236 g/mol. The van der Waals surface area contributed by atoms with E-state index in [0.29, 0.717) is 10.6 Å². The maximum atomic E-state index is 12.2. The molecule has 0 bridgehead atoms. The monoisotopic (exact) mass is 252 g/mol. The van der Waals surface area contributed by atoms with Crippen LogP contribution in [0.1, 0.15) is 19.8 Å². The molecule has 3 N–H and O–H groups in total. The van der Waals surface area contributed by atoms with Gasteiger partial charge in [-0.2, -0.15) is 0 Å². The summed E-state index contributed by atoms with van der Waals surface area (Å²) in [4.78, 5) is 12.3. The molecule has 2 atom stereocenters. The Balaban J connectivity index is 2.08. The summed E-state index contributed by atoms with van der Waals surface area (Å²) in [5, 5.41) is 2.28. The summed E-state index contributed by atoms with van der Waals surface area (Å²) >= 11 is 0. The average Bonchev–Trinajstić information content (AvgIpc) is 3.11. The van der Waals surface area contributed by atoms with Crippen molar-refractivity contribution in [1.29, 1.82) is 0 Å². The molecule has 0 heterocycles. The lowest BCUT2D eigenvalue weighted by molar-refractivity contribution is -0.120. The van der Waals surface area contributed by atoms with E-state index in [9.17, 15) is 9.00 Å². The van der Waals surface area contributed by atoms with Crippen molar-refractivity contribution >= 4 is 22.4 Å². The fourth-order valence-corrected chi connectivity index (χ4v) is 2.65. The van der Waals surface area contributed by atoms with Gasteiger partial charge in [-0.1, -0.05) is 12.1 Å². The summed E-state index contributed by atoms with van der Waals surface area (Å²) in [5.74, 6) is -0.158. The van der Waals surface area contributed by atoms with Gasteiger partial charge < -0.3 is 11.1 Å². The van der Waals surface area contributed by atoms with Crippen LogP contribution in [-0.4, -0.2) is 21.4 Å². The number of benzene rings is 1. The quantitative estimate of drug-likeness (QED) is 0.787. The average molecular weight is 252 g/mol. The first-order valence-corrected chi connectivity index (χ1v) is 6.86. The third-order valence-electron chi connectivity index (χ3n) is 2.75. The summed E-state index contributed by atoms with van der Waals surface area (Å²) in [6.45, 7) is 1.67. The molecule has 1 aromatic rings. The van der Waals surface area contributed by atoms with Crippen LogP contribution in [0.15, 0.2) is 29.2 Å². The van der Waals surface area contributed by atoms with E-state index in [2.05, 4.69) is 5.32 Å². The lowest BCUT2D eigenvalue weighted by Gasteiger charge is -2.12. The van der Waals surface area contributed by atoms with E-state index in [4.69, 9.17) is 5.73 Å². The topological polar surface area (TPSA) is 72.2 Å². The lowest BCUT2D eigenvalue weighted by Crippen LogP contribution is -2.36. The summed E-state index contributed by atoms with van der Waals surface area (Å²) < 4.78 is 12.2. The summed E-state index contributed by atoms with van der Waals surface area (Å²) in [7, 11) is -1.40. The third kappa shape index (κ3) is 2.85. The van der Waals surface area contributed by atoms with Gasteiger partial charge in [-0.3, -0.25) is 9.00 Å². The number of carbonyl (C=O) groups is 1. The third-order valence-corrected chi connectivity index (χ3v) is 4.41. The van der Waals surface area contributed by atoms with Crippen LogP contribution in [0.25, 0.3) is 0 Å². The molecule has 92 valence electrons. The van der Waals surface area contributed by atoms with Crippen molar-refractivity contribution in [1.82, 2.24) is 5.32 Å². The number of hydrogen-bond donors (Lipinski definition) is 2. The number of rotatable bonds is 4.